The minimum absolute atomic E-state index is 0.0275. The highest BCUT2D eigenvalue weighted by atomic mass is 79.9. The van der Waals surface area contributed by atoms with Gasteiger partial charge in [0.25, 0.3) is 5.56 Å². The van der Waals surface area contributed by atoms with Gasteiger partial charge < -0.3 is 0 Å². The maximum Gasteiger partial charge on any atom is 0.262 e. The summed E-state index contributed by atoms with van der Waals surface area (Å²) in [5, 5.41) is 1.42. The van der Waals surface area contributed by atoms with Crippen LogP contribution in [0.15, 0.2) is 45.3 Å². The molecule has 1 aromatic heterocycles. The molecule has 0 aliphatic rings. The van der Waals surface area contributed by atoms with Gasteiger partial charge >= 0.3 is 0 Å². The molecule has 0 amide bonds. The number of rotatable bonds is 5. The molecule has 0 spiro atoms. The molecule has 2 rings (SSSR count). The summed E-state index contributed by atoms with van der Waals surface area (Å²) in [6, 6.07) is 5.61. The van der Waals surface area contributed by atoms with Gasteiger partial charge in [0.05, 0.1) is 10.9 Å². The van der Waals surface area contributed by atoms with Crippen molar-refractivity contribution in [2.75, 3.05) is 5.75 Å². The quantitative estimate of drug-likeness (QED) is 0.472. The summed E-state index contributed by atoms with van der Waals surface area (Å²) in [5.41, 5.74) is 0.770. The Labute approximate surface area is 124 Å². The maximum atomic E-state index is 12.5. The molecular weight excluding hydrogens is 324 g/mol. The molecule has 1 aromatic carbocycles. The van der Waals surface area contributed by atoms with Crippen molar-refractivity contribution in [2.24, 2.45) is 0 Å². The topological polar surface area (TPSA) is 34.9 Å². The lowest BCUT2D eigenvalue weighted by Gasteiger charge is -2.11. The Balaban J connectivity index is 2.66. The maximum absolute atomic E-state index is 12.5. The van der Waals surface area contributed by atoms with Gasteiger partial charge in [-0.2, -0.15) is 0 Å². The molecule has 3 nitrogen and oxygen atoms in total. The van der Waals surface area contributed by atoms with E-state index in [1.807, 2.05) is 24.3 Å². The fourth-order valence-corrected chi connectivity index (χ4v) is 2.96. The lowest BCUT2D eigenvalue weighted by molar-refractivity contribution is 0.585. The van der Waals surface area contributed by atoms with Gasteiger partial charge in [-0.3, -0.25) is 9.36 Å². The van der Waals surface area contributed by atoms with Crippen LogP contribution in [0.25, 0.3) is 10.9 Å². The van der Waals surface area contributed by atoms with Gasteiger partial charge in [-0.25, -0.2) is 4.98 Å². The third-order valence-corrected chi connectivity index (χ3v) is 4.12. The predicted octanol–water partition coefficient (Wildman–Crippen LogP) is 3.85. The standard InChI is InChI=1S/C14H15BrN2OS/c1-3-7-17-13(18)11-9-10(15)5-6-12(11)16-14(17)19-8-4-2/h4-6,9H,2-3,7-8H2,1H3. The summed E-state index contributed by atoms with van der Waals surface area (Å²) >= 11 is 4.94. The smallest absolute Gasteiger partial charge is 0.262 e. The van der Waals surface area contributed by atoms with Crippen LogP contribution >= 0.6 is 27.7 Å². The van der Waals surface area contributed by atoms with E-state index in [2.05, 4.69) is 34.4 Å². The molecule has 2 aromatic rings. The molecule has 0 bridgehead atoms. The van der Waals surface area contributed by atoms with E-state index in [4.69, 9.17) is 0 Å². The van der Waals surface area contributed by atoms with E-state index in [-0.39, 0.29) is 5.56 Å². The number of thioether (sulfide) groups is 1. The fraction of sp³-hybridized carbons (Fsp3) is 0.286. The summed E-state index contributed by atoms with van der Waals surface area (Å²) in [6.45, 7) is 6.45. The highest BCUT2D eigenvalue weighted by Crippen LogP contribution is 2.20. The third kappa shape index (κ3) is 3.09. The van der Waals surface area contributed by atoms with Crippen LogP contribution in [-0.2, 0) is 6.54 Å². The molecule has 0 aliphatic carbocycles. The molecule has 0 radical (unpaired) electrons. The first-order chi connectivity index (χ1) is 9.17. The molecule has 0 aliphatic heterocycles. The Bertz CT molecular complexity index is 666. The first kappa shape index (κ1) is 14.3. The van der Waals surface area contributed by atoms with Gasteiger partial charge in [0.1, 0.15) is 0 Å². The molecule has 0 atom stereocenters. The third-order valence-electron chi connectivity index (χ3n) is 2.66. The van der Waals surface area contributed by atoms with Crippen molar-refractivity contribution in [1.29, 1.82) is 0 Å². The van der Waals surface area contributed by atoms with E-state index >= 15 is 0 Å². The lowest BCUT2D eigenvalue weighted by atomic mass is 10.2. The van der Waals surface area contributed by atoms with Crippen molar-refractivity contribution >= 4 is 38.6 Å². The summed E-state index contributed by atoms with van der Waals surface area (Å²) < 4.78 is 2.65. The molecule has 0 fully saturated rings. The monoisotopic (exact) mass is 338 g/mol. The second-order valence-corrected chi connectivity index (χ2v) is 6.02. The average Bonchev–Trinajstić information content (AvgIpc) is 2.41. The molecule has 0 unspecified atom stereocenters. The number of hydrogen-bond acceptors (Lipinski definition) is 3. The van der Waals surface area contributed by atoms with Crippen LogP contribution in [0.3, 0.4) is 0 Å². The van der Waals surface area contributed by atoms with Crippen molar-refractivity contribution in [2.45, 2.75) is 25.0 Å². The summed E-state index contributed by atoms with van der Waals surface area (Å²) in [5.74, 6) is 0.748. The number of benzene rings is 1. The Kier molecular flexibility index (Phi) is 4.82. The number of halogens is 1. The highest BCUT2D eigenvalue weighted by Gasteiger charge is 2.10. The molecule has 0 saturated heterocycles. The SMILES string of the molecule is C=CCSc1nc2ccc(Br)cc2c(=O)n1CCC. The average molecular weight is 339 g/mol. The first-order valence-electron chi connectivity index (χ1n) is 6.11. The van der Waals surface area contributed by atoms with Crippen molar-refractivity contribution in [3.8, 4) is 0 Å². The molecule has 1 heterocycles. The van der Waals surface area contributed by atoms with E-state index in [0.717, 1.165) is 27.3 Å². The van der Waals surface area contributed by atoms with Crippen molar-refractivity contribution < 1.29 is 0 Å². The molecule has 19 heavy (non-hydrogen) atoms. The van der Waals surface area contributed by atoms with Crippen LogP contribution in [0.4, 0.5) is 0 Å². The van der Waals surface area contributed by atoms with Crippen molar-refractivity contribution in [3.05, 3.63) is 45.7 Å². The lowest BCUT2D eigenvalue weighted by Crippen LogP contribution is -2.23. The Morgan fingerprint density at radius 2 is 2.32 bits per heavy atom. The van der Waals surface area contributed by atoms with Crippen LogP contribution in [0.2, 0.25) is 0 Å². The highest BCUT2D eigenvalue weighted by molar-refractivity contribution is 9.10. The van der Waals surface area contributed by atoms with Crippen LogP contribution < -0.4 is 5.56 Å². The zero-order valence-corrected chi connectivity index (χ0v) is 13.1. The van der Waals surface area contributed by atoms with Gasteiger partial charge in [-0.05, 0) is 24.6 Å². The Morgan fingerprint density at radius 3 is 3.00 bits per heavy atom. The van der Waals surface area contributed by atoms with E-state index in [0.29, 0.717) is 11.9 Å². The molecule has 5 heteroatoms. The number of hydrogen-bond donors (Lipinski definition) is 0. The Hall–Kier alpha value is -1.07. The Morgan fingerprint density at radius 1 is 1.53 bits per heavy atom. The summed E-state index contributed by atoms with van der Waals surface area (Å²) in [7, 11) is 0. The molecule has 0 N–H and O–H groups in total. The fourth-order valence-electron chi connectivity index (χ4n) is 1.84. The second-order valence-electron chi connectivity index (χ2n) is 4.11. The van der Waals surface area contributed by atoms with E-state index in [1.165, 1.54) is 0 Å². The summed E-state index contributed by atoms with van der Waals surface area (Å²) in [4.78, 5) is 17.1. The summed E-state index contributed by atoms with van der Waals surface area (Å²) in [6.07, 6.45) is 2.72. The van der Waals surface area contributed by atoms with Crippen LogP contribution in [-0.4, -0.2) is 15.3 Å². The minimum Gasteiger partial charge on any atom is -0.287 e. The first-order valence-corrected chi connectivity index (χ1v) is 7.89. The van der Waals surface area contributed by atoms with Crippen LogP contribution in [0.5, 0.6) is 0 Å². The van der Waals surface area contributed by atoms with Gasteiger partial charge in [0.2, 0.25) is 0 Å². The van der Waals surface area contributed by atoms with E-state index in [1.54, 1.807) is 16.3 Å². The largest absolute Gasteiger partial charge is 0.287 e. The van der Waals surface area contributed by atoms with Crippen LogP contribution in [0, 0.1) is 0 Å². The molecular formula is C14H15BrN2OS. The minimum atomic E-state index is 0.0275. The van der Waals surface area contributed by atoms with Gasteiger partial charge in [-0.15, -0.1) is 6.58 Å². The van der Waals surface area contributed by atoms with Gasteiger partial charge in [0.15, 0.2) is 5.16 Å². The zero-order valence-electron chi connectivity index (χ0n) is 10.7. The zero-order chi connectivity index (χ0) is 13.8. The van der Waals surface area contributed by atoms with E-state index in [9.17, 15) is 4.79 Å². The van der Waals surface area contributed by atoms with Crippen molar-refractivity contribution in [3.63, 3.8) is 0 Å². The van der Waals surface area contributed by atoms with Crippen LogP contribution in [0.1, 0.15) is 13.3 Å². The van der Waals surface area contributed by atoms with E-state index < -0.39 is 0 Å². The number of aromatic nitrogens is 2. The predicted molar refractivity (Wildman–Crippen MR) is 84.9 cm³/mol. The van der Waals surface area contributed by atoms with Gasteiger partial charge in [-0.1, -0.05) is 40.7 Å². The second kappa shape index (κ2) is 6.39. The van der Waals surface area contributed by atoms with Crippen molar-refractivity contribution in [1.82, 2.24) is 9.55 Å². The number of fused-ring (bicyclic) bond motifs is 1. The molecule has 0 saturated carbocycles. The number of nitrogens with zero attached hydrogens (tertiary/aromatic N) is 2. The van der Waals surface area contributed by atoms with Gasteiger partial charge in [0, 0.05) is 16.8 Å². The normalized spacial score (nSPS) is 10.8. The molecule has 100 valence electrons.